The third kappa shape index (κ3) is 6.76. The Morgan fingerprint density at radius 1 is 0.636 bits per heavy atom. The first-order chi connectivity index (χ1) is 25.7. The number of rotatable bonds is 8. The number of hydrogen-bond donors (Lipinski definition) is 2. The van der Waals surface area contributed by atoms with Crippen LogP contribution in [0.2, 0.25) is 0 Å². The smallest absolute Gasteiger partial charge is 0.214 e. The zero-order valence-corrected chi connectivity index (χ0v) is 36.2. The quantitative estimate of drug-likeness (QED) is 0.354. The number of nitrogens with two attached hydrogens (primary N) is 2. The van der Waals surface area contributed by atoms with Crippen molar-refractivity contribution < 1.29 is 16.8 Å². The number of nitrogens with zero attached hydrogens (tertiary/aromatic N) is 4. The minimum absolute atomic E-state index is 0.00859. The van der Waals surface area contributed by atoms with Crippen molar-refractivity contribution in [2.45, 2.75) is 98.6 Å². The van der Waals surface area contributed by atoms with Crippen molar-refractivity contribution in [1.29, 1.82) is 0 Å². The van der Waals surface area contributed by atoms with Gasteiger partial charge in [0.15, 0.2) is 0 Å². The molecule has 8 rings (SSSR count). The van der Waals surface area contributed by atoms with Crippen LogP contribution in [-0.2, 0) is 20.0 Å². The van der Waals surface area contributed by atoms with Gasteiger partial charge in [-0.05, 0) is 105 Å². The van der Waals surface area contributed by atoms with Crippen molar-refractivity contribution in [3.05, 3.63) is 59.7 Å². The first kappa shape index (κ1) is 41.0. The maximum atomic E-state index is 13.5. The standard InChI is InChI=1S/C22H35N3O2S.C21H33N3O2S/c1-17-7-5-6-8-19(17)24-11-13-25(14-12-24)28(26,27)16-22-10-9-18(20(22,2)3)15-21(22,4)23;1-16-6-4-5-7-18(16)23-10-12-24(13-11-23)27(25,26)15-21-9-8-17(14-19(21)22)20(21,2)3/h5-8,18H,9-16,23H2,1-4H3;4-7,17,19H,8-15,22H2,1-3H3. The highest BCUT2D eigenvalue weighted by atomic mass is 32.2. The number of aryl methyl sites for hydroxylation is 2. The summed E-state index contributed by atoms with van der Waals surface area (Å²) in [7, 11) is -6.65. The molecule has 6 aliphatic rings. The maximum absolute atomic E-state index is 13.5. The molecule has 10 nitrogen and oxygen atoms in total. The fraction of sp³-hybridized carbons (Fsp3) is 0.721. The van der Waals surface area contributed by atoms with Gasteiger partial charge in [-0.2, -0.15) is 8.61 Å². The van der Waals surface area contributed by atoms with E-state index in [4.69, 9.17) is 11.5 Å². The molecule has 4 N–H and O–H groups in total. The summed E-state index contributed by atoms with van der Waals surface area (Å²) in [6.45, 7) is 20.5. The van der Waals surface area contributed by atoms with Crippen LogP contribution in [0.3, 0.4) is 0 Å². The summed E-state index contributed by atoms with van der Waals surface area (Å²) in [6.07, 6.45) is 6.03. The molecule has 306 valence electrons. The molecule has 55 heavy (non-hydrogen) atoms. The van der Waals surface area contributed by atoms with Gasteiger partial charge >= 0.3 is 0 Å². The highest BCUT2D eigenvalue weighted by Gasteiger charge is 2.69. The molecule has 2 aromatic carbocycles. The van der Waals surface area contributed by atoms with Crippen LogP contribution in [-0.4, -0.2) is 101 Å². The van der Waals surface area contributed by atoms with Crippen molar-refractivity contribution in [2.24, 2.45) is 45.0 Å². The van der Waals surface area contributed by atoms with E-state index >= 15 is 0 Å². The second kappa shape index (κ2) is 14.3. The van der Waals surface area contributed by atoms with Crippen molar-refractivity contribution in [1.82, 2.24) is 8.61 Å². The van der Waals surface area contributed by atoms with E-state index in [1.54, 1.807) is 8.61 Å². The molecule has 6 fully saturated rings. The summed E-state index contributed by atoms with van der Waals surface area (Å²) >= 11 is 0. The molecular formula is C43H68N6O4S2. The molecule has 6 unspecified atom stereocenters. The van der Waals surface area contributed by atoms with E-state index in [9.17, 15) is 16.8 Å². The number of benzene rings is 2. The van der Waals surface area contributed by atoms with Gasteiger partial charge in [-0.1, -0.05) is 64.1 Å². The number of para-hydroxylation sites is 2. The van der Waals surface area contributed by atoms with Crippen LogP contribution in [0.15, 0.2) is 48.5 Å². The highest BCUT2D eigenvalue weighted by molar-refractivity contribution is 7.89. The second-order valence-corrected chi connectivity index (χ2v) is 23.4. The summed E-state index contributed by atoms with van der Waals surface area (Å²) in [5, 5.41) is 0. The van der Waals surface area contributed by atoms with Crippen molar-refractivity contribution in [3.63, 3.8) is 0 Å². The van der Waals surface area contributed by atoms with Gasteiger partial charge < -0.3 is 21.3 Å². The Hall–Kier alpha value is -2.22. The predicted molar refractivity (Wildman–Crippen MR) is 225 cm³/mol. The average molecular weight is 797 g/mol. The lowest BCUT2D eigenvalue weighted by molar-refractivity contribution is 0.0914. The maximum Gasteiger partial charge on any atom is 0.214 e. The van der Waals surface area contributed by atoms with Gasteiger partial charge in [0.05, 0.1) is 11.5 Å². The lowest BCUT2D eigenvalue weighted by atomic mass is 9.64. The first-order valence-electron chi connectivity index (χ1n) is 20.8. The van der Waals surface area contributed by atoms with Crippen LogP contribution in [0, 0.1) is 47.3 Å². The third-order valence-corrected chi connectivity index (χ3v) is 20.5. The number of sulfonamides is 2. The molecule has 4 aliphatic carbocycles. The highest BCUT2D eigenvalue weighted by Crippen LogP contribution is 2.69. The molecule has 2 aliphatic heterocycles. The Morgan fingerprint density at radius 2 is 1.09 bits per heavy atom. The molecule has 0 amide bonds. The molecule has 2 saturated heterocycles. The van der Waals surface area contributed by atoms with Gasteiger partial charge in [0.2, 0.25) is 20.0 Å². The van der Waals surface area contributed by atoms with Gasteiger partial charge in [0.25, 0.3) is 0 Å². The van der Waals surface area contributed by atoms with Crippen LogP contribution in [0.1, 0.15) is 84.3 Å². The van der Waals surface area contributed by atoms with Gasteiger partial charge in [-0.25, -0.2) is 16.8 Å². The molecule has 6 atom stereocenters. The average Bonchev–Trinajstić information content (AvgIpc) is 3.64. The van der Waals surface area contributed by atoms with E-state index < -0.39 is 25.6 Å². The van der Waals surface area contributed by atoms with E-state index in [1.165, 1.54) is 22.5 Å². The Bertz CT molecular complexity index is 1950. The molecule has 0 spiro atoms. The van der Waals surface area contributed by atoms with E-state index in [1.807, 2.05) is 24.3 Å². The SMILES string of the molecule is Cc1ccccc1N1CCN(S(=O)(=O)CC23CCC(CC2(C)N)C3(C)C)CC1.Cc1ccccc1N1CCN(S(=O)(=O)CC23CCC(CC2N)C3(C)C)CC1. The monoisotopic (exact) mass is 796 g/mol. The van der Waals surface area contributed by atoms with E-state index in [0.717, 1.165) is 64.7 Å². The molecule has 0 aromatic heterocycles. The number of hydrogen-bond acceptors (Lipinski definition) is 8. The van der Waals surface area contributed by atoms with Gasteiger partial charge in [-0.15, -0.1) is 0 Å². The van der Waals surface area contributed by atoms with Crippen molar-refractivity contribution in [2.75, 3.05) is 73.7 Å². The number of anilines is 2. The summed E-state index contributed by atoms with van der Waals surface area (Å²) < 4.78 is 57.0. The Kier molecular flexibility index (Phi) is 10.6. The van der Waals surface area contributed by atoms with E-state index in [-0.39, 0.29) is 39.2 Å². The summed E-state index contributed by atoms with van der Waals surface area (Å²) in [5.41, 5.74) is 17.1. The lowest BCUT2D eigenvalue weighted by Gasteiger charge is -2.48. The molecule has 4 saturated carbocycles. The predicted octanol–water partition coefficient (Wildman–Crippen LogP) is 5.59. The zero-order valence-electron chi connectivity index (χ0n) is 34.6. The van der Waals surface area contributed by atoms with Crippen LogP contribution in [0.5, 0.6) is 0 Å². The Labute approximate surface area is 332 Å². The largest absolute Gasteiger partial charge is 0.369 e. The van der Waals surface area contributed by atoms with E-state index in [2.05, 4.69) is 82.5 Å². The Morgan fingerprint density at radius 3 is 1.47 bits per heavy atom. The van der Waals surface area contributed by atoms with Crippen LogP contribution >= 0.6 is 0 Å². The first-order valence-corrected chi connectivity index (χ1v) is 24.0. The van der Waals surface area contributed by atoms with Crippen molar-refractivity contribution in [3.8, 4) is 0 Å². The molecule has 12 heteroatoms. The summed E-state index contributed by atoms with van der Waals surface area (Å²) in [6, 6.07) is 16.7. The van der Waals surface area contributed by atoms with Crippen LogP contribution < -0.4 is 21.3 Å². The fourth-order valence-corrected chi connectivity index (χ4v) is 17.2. The number of piperazine rings is 2. The molecule has 0 radical (unpaired) electrons. The van der Waals surface area contributed by atoms with Crippen LogP contribution in [0.4, 0.5) is 11.4 Å². The molecule has 4 bridgehead atoms. The normalized spacial score (nSPS) is 34.5. The van der Waals surface area contributed by atoms with E-state index in [0.29, 0.717) is 38.0 Å². The molecule has 2 aromatic rings. The Balaban J connectivity index is 0.000000169. The lowest BCUT2D eigenvalue weighted by Crippen LogP contribution is -2.59. The topological polar surface area (TPSA) is 133 Å². The molecule has 2 heterocycles. The number of fused-ring (bicyclic) bond motifs is 4. The minimum atomic E-state index is -3.34. The van der Waals surface area contributed by atoms with Gasteiger partial charge in [0, 0.05) is 86.1 Å². The zero-order chi connectivity index (χ0) is 39.8. The van der Waals surface area contributed by atoms with Crippen molar-refractivity contribution >= 4 is 31.4 Å². The van der Waals surface area contributed by atoms with Gasteiger partial charge in [0.1, 0.15) is 0 Å². The third-order valence-electron chi connectivity index (χ3n) is 16.5. The van der Waals surface area contributed by atoms with Crippen LogP contribution in [0.25, 0.3) is 0 Å². The molecular weight excluding hydrogens is 729 g/mol. The summed E-state index contributed by atoms with van der Waals surface area (Å²) in [5.74, 6) is 1.52. The van der Waals surface area contributed by atoms with Gasteiger partial charge in [-0.3, -0.25) is 0 Å². The fourth-order valence-electron chi connectivity index (χ4n) is 12.6. The minimum Gasteiger partial charge on any atom is -0.369 e. The summed E-state index contributed by atoms with van der Waals surface area (Å²) in [4.78, 5) is 4.61. The second-order valence-electron chi connectivity index (χ2n) is 19.5.